The zero-order chi connectivity index (χ0) is 7.78. The Morgan fingerprint density at radius 2 is 2.40 bits per heavy atom. The summed E-state index contributed by atoms with van der Waals surface area (Å²) in [4.78, 5) is 10.5. The highest BCUT2D eigenvalue weighted by Crippen LogP contribution is 2.32. The molecule has 3 nitrogen and oxygen atoms in total. The lowest BCUT2D eigenvalue weighted by atomic mass is 9.98. The van der Waals surface area contributed by atoms with Crippen LogP contribution >= 0.6 is 0 Å². The largest absolute Gasteiger partial charge is 0.480 e. The summed E-state index contributed by atoms with van der Waals surface area (Å²) in [5, 5.41) is 8.67. The van der Waals surface area contributed by atoms with Gasteiger partial charge in [-0.2, -0.15) is 0 Å². The Hall–Kier alpha value is -0.570. The molecule has 0 aromatic rings. The standard InChI is InChI=1S/C7H13NO2/c1-5-2-3-7(8,4-5)6(9)10/h5H,2-4,8H2,1H3,(H,9,10)/t5-,7+/m0/s1. The molecule has 0 unspecified atom stereocenters. The van der Waals surface area contributed by atoms with E-state index >= 15 is 0 Å². The van der Waals surface area contributed by atoms with Crippen LogP contribution in [0.3, 0.4) is 0 Å². The normalized spacial score (nSPS) is 40.0. The molecule has 3 N–H and O–H groups in total. The minimum Gasteiger partial charge on any atom is -0.480 e. The second-order valence-electron chi connectivity index (χ2n) is 3.31. The van der Waals surface area contributed by atoms with Crippen LogP contribution in [-0.2, 0) is 4.79 Å². The van der Waals surface area contributed by atoms with Crippen molar-refractivity contribution in [1.29, 1.82) is 0 Å². The third-order valence-corrected chi connectivity index (χ3v) is 2.22. The molecule has 1 rings (SSSR count). The van der Waals surface area contributed by atoms with Crippen molar-refractivity contribution in [3.63, 3.8) is 0 Å². The van der Waals surface area contributed by atoms with Crippen LogP contribution in [0.1, 0.15) is 26.2 Å². The van der Waals surface area contributed by atoms with Gasteiger partial charge in [-0.1, -0.05) is 6.92 Å². The monoisotopic (exact) mass is 143 g/mol. The zero-order valence-corrected chi connectivity index (χ0v) is 6.13. The lowest BCUT2D eigenvalue weighted by Gasteiger charge is -2.16. The fourth-order valence-electron chi connectivity index (χ4n) is 1.52. The quantitative estimate of drug-likeness (QED) is 0.564. The van der Waals surface area contributed by atoms with Crippen molar-refractivity contribution < 1.29 is 9.90 Å². The molecule has 0 radical (unpaired) electrons. The molecule has 0 saturated heterocycles. The van der Waals surface area contributed by atoms with Gasteiger partial charge in [0.1, 0.15) is 5.54 Å². The molecule has 0 aromatic carbocycles. The third kappa shape index (κ3) is 1.14. The predicted molar refractivity (Wildman–Crippen MR) is 37.6 cm³/mol. The molecule has 0 spiro atoms. The Kier molecular flexibility index (Phi) is 1.68. The summed E-state index contributed by atoms with van der Waals surface area (Å²) in [6, 6.07) is 0. The minimum absolute atomic E-state index is 0.473. The molecule has 0 aromatic heterocycles. The van der Waals surface area contributed by atoms with Gasteiger partial charge in [-0.25, -0.2) is 0 Å². The molecule has 3 heteroatoms. The Bertz CT molecular complexity index is 158. The highest BCUT2D eigenvalue weighted by atomic mass is 16.4. The Balaban J connectivity index is 2.63. The van der Waals surface area contributed by atoms with E-state index in [1.807, 2.05) is 6.92 Å². The summed E-state index contributed by atoms with van der Waals surface area (Å²) in [5.74, 6) is -0.377. The molecule has 0 bridgehead atoms. The van der Waals surface area contributed by atoms with Crippen LogP contribution in [0.2, 0.25) is 0 Å². The molecule has 1 saturated carbocycles. The molecule has 1 fully saturated rings. The molecule has 1 aliphatic rings. The van der Waals surface area contributed by atoms with Crippen LogP contribution in [0.4, 0.5) is 0 Å². The van der Waals surface area contributed by atoms with Gasteiger partial charge in [0.15, 0.2) is 0 Å². The first-order chi connectivity index (χ1) is 4.54. The van der Waals surface area contributed by atoms with Crippen LogP contribution in [0.5, 0.6) is 0 Å². The molecule has 2 atom stereocenters. The maximum Gasteiger partial charge on any atom is 0.323 e. The maximum absolute atomic E-state index is 10.5. The van der Waals surface area contributed by atoms with Crippen molar-refractivity contribution in [3.8, 4) is 0 Å². The molecule has 0 amide bonds. The van der Waals surface area contributed by atoms with E-state index in [0.717, 1.165) is 6.42 Å². The van der Waals surface area contributed by atoms with Crippen LogP contribution in [0.25, 0.3) is 0 Å². The first-order valence-electron chi connectivity index (χ1n) is 3.57. The van der Waals surface area contributed by atoms with E-state index in [9.17, 15) is 4.79 Å². The van der Waals surface area contributed by atoms with Crippen molar-refractivity contribution in [3.05, 3.63) is 0 Å². The molecular formula is C7H13NO2. The van der Waals surface area contributed by atoms with Gasteiger partial charge >= 0.3 is 5.97 Å². The van der Waals surface area contributed by atoms with Crippen LogP contribution in [0, 0.1) is 5.92 Å². The van der Waals surface area contributed by atoms with E-state index < -0.39 is 11.5 Å². The van der Waals surface area contributed by atoms with Gasteiger partial charge in [0.2, 0.25) is 0 Å². The molecule has 0 aliphatic heterocycles. The van der Waals surface area contributed by atoms with Crippen molar-refractivity contribution in [2.75, 3.05) is 0 Å². The topological polar surface area (TPSA) is 63.3 Å². The van der Waals surface area contributed by atoms with Crippen molar-refractivity contribution in [2.24, 2.45) is 11.7 Å². The van der Waals surface area contributed by atoms with E-state index in [1.54, 1.807) is 0 Å². The summed E-state index contributed by atoms with van der Waals surface area (Å²) in [5.41, 5.74) is 4.68. The second kappa shape index (κ2) is 2.23. The van der Waals surface area contributed by atoms with E-state index in [2.05, 4.69) is 0 Å². The van der Waals surface area contributed by atoms with Gasteiger partial charge in [-0.05, 0) is 25.2 Å². The zero-order valence-electron chi connectivity index (χ0n) is 6.13. The summed E-state index contributed by atoms with van der Waals surface area (Å²) >= 11 is 0. The summed E-state index contributed by atoms with van der Waals surface area (Å²) in [7, 11) is 0. The van der Waals surface area contributed by atoms with Crippen molar-refractivity contribution >= 4 is 5.97 Å². The number of hydrogen-bond donors (Lipinski definition) is 2. The fraction of sp³-hybridized carbons (Fsp3) is 0.857. The second-order valence-corrected chi connectivity index (χ2v) is 3.31. The third-order valence-electron chi connectivity index (χ3n) is 2.22. The lowest BCUT2D eigenvalue weighted by Crippen LogP contribution is -2.45. The van der Waals surface area contributed by atoms with Crippen molar-refractivity contribution in [2.45, 2.75) is 31.7 Å². The van der Waals surface area contributed by atoms with E-state index in [1.165, 1.54) is 0 Å². The smallest absolute Gasteiger partial charge is 0.323 e. The van der Waals surface area contributed by atoms with E-state index in [4.69, 9.17) is 10.8 Å². The number of carboxylic acids is 1. The Labute approximate surface area is 60.2 Å². The van der Waals surface area contributed by atoms with Crippen LogP contribution in [-0.4, -0.2) is 16.6 Å². The predicted octanol–water partition coefficient (Wildman–Crippen LogP) is 0.588. The summed E-state index contributed by atoms with van der Waals surface area (Å²) in [6.45, 7) is 2.04. The average Bonchev–Trinajstić information content (AvgIpc) is 2.13. The number of rotatable bonds is 1. The number of carbonyl (C=O) groups is 1. The molecular weight excluding hydrogens is 130 g/mol. The Morgan fingerprint density at radius 3 is 2.60 bits per heavy atom. The summed E-state index contributed by atoms with van der Waals surface area (Å²) in [6.07, 6.45) is 2.20. The van der Waals surface area contributed by atoms with Gasteiger partial charge in [0.25, 0.3) is 0 Å². The van der Waals surface area contributed by atoms with E-state index in [0.29, 0.717) is 18.8 Å². The average molecular weight is 143 g/mol. The summed E-state index contributed by atoms with van der Waals surface area (Å²) < 4.78 is 0. The van der Waals surface area contributed by atoms with Gasteiger partial charge in [0, 0.05) is 0 Å². The minimum atomic E-state index is -0.917. The first kappa shape index (κ1) is 7.54. The molecule has 58 valence electrons. The van der Waals surface area contributed by atoms with Gasteiger partial charge in [-0.3, -0.25) is 4.79 Å². The fourth-order valence-corrected chi connectivity index (χ4v) is 1.52. The number of aliphatic carboxylic acids is 1. The molecule has 1 aliphatic carbocycles. The Morgan fingerprint density at radius 1 is 1.80 bits per heavy atom. The van der Waals surface area contributed by atoms with Crippen LogP contribution in [0.15, 0.2) is 0 Å². The van der Waals surface area contributed by atoms with Crippen molar-refractivity contribution in [1.82, 2.24) is 0 Å². The number of nitrogens with two attached hydrogens (primary N) is 1. The number of hydrogen-bond acceptors (Lipinski definition) is 2. The van der Waals surface area contributed by atoms with Gasteiger partial charge < -0.3 is 10.8 Å². The van der Waals surface area contributed by atoms with E-state index in [-0.39, 0.29) is 0 Å². The van der Waals surface area contributed by atoms with Gasteiger partial charge in [-0.15, -0.1) is 0 Å². The molecule has 10 heavy (non-hydrogen) atoms. The van der Waals surface area contributed by atoms with Crippen LogP contribution < -0.4 is 5.73 Å². The number of carboxylic acid groups (broad SMARTS) is 1. The SMILES string of the molecule is C[C@H]1CC[C@](N)(C(=O)O)C1. The highest BCUT2D eigenvalue weighted by molar-refractivity contribution is 5.78. The maximum atomic E-state index is 10.5. The lowest BCUT2D eigenvalue weighted by molar-refractivity contribution is -0.143. The van der Waals surface area contributed by atoms with Gasteiger partial charge in [0.05, 0.1) is 0 Å². The highest BCUT2D eigenvalue weighted by Gasteiger charge is 2.40. The molecule has 0 heterocycles. The first-order valence-corrected chi connectivity index (χ1v) is 3.57.